The van der Waals surface area contributed by atoms with Gasteiger partial charge in [0.1, 0.15) is 11.6 Å². The number of alkyl halides is 2. The number of rotatable bonds is 4. The van der Waals surface area contributed by atoms with Crippen LogP contribution in [0.5, 0.6) is 5.75 Å². The number of hydrogen-bond donors (Lipinski definition) is 1. The number of hydrogen-bond acceptors (Lipinski definition) is 3. The summed E-state index contributed by atoms with van der Waals surface area (Å²) in [4.78, 5) is 0. The molecule has 1 unspecified atom stereocenters. The van der Waals surface area contributed by atoms with E-state index in [1.807, 2.05) is 19.9 Å². The van der Waals surface area contributed by atoms with Crippen molar-refractivity contribution in [2.45, 2.75) is 26.5 Å². The number of nitrogen functional groups attached to an aromatic ring is 1. The highest BCUT2D eigenvalue weighted by molar-refractivity contribution is 5.35. The maximum Gasteiger partial charge on any atom is 0.387 e. The molecule has 0 aliphatic rings. The minimum atomic E-state index is -2.83. The van der Waals surface area contributed by atoms with Crippen molar-refractivity contribution in [3.05, 3.63) is 41.6 Å². The Morgan fingerprint density at radius 2 is 2.05 bits per heavy atom. The minimum absolute atomic E-state index is 0.127. The molecule has 19 heavy (non-hydrogen) atoms. The summed E-state index contributed by atoms with van der Waals surface area (Å²) in [6.45, 7) is 0.905. The molecule has 1 heterocycles. The highest BCUT2D eigenvalue weighted by atomic mass is 19.3. The third-order valence-electron chi connectivity index (χ3n) is 2.82. The molecule has 0 spiro atoms. The maximum absolute atomic E-state index is 12.2. The number of anilines is 1. The summed E-state index contributed by atoms with van der Waals surface area (Å²) in [5.41, 5.74) is 7.46. The first-order valence-electron chi connectivity index (χ1n) is 5.84. The van der Waals surface area contributed by atoms with Crippen LogP contribution in [0.3, 0.4) is 0 Å². The smallest absolute Gasteiger partial charge is 0.387 e. The van der Waals surface area contributed by atoms with Crippen molar-refractivity contribution >= 4 is 5.82 Å². The van der Waals surface area contributed by atoms with Crippen LogP contribution in [0.25, 0.3) is 0 Å². The quantitative estimate of drug-likeness (QED) is 0.926. The van der Waals surface area contributed by atoms with Gasteiger partial charge in [-0.25, -0.2) is 4.68 Å². The minimum Gasteiger partial charge on any atom is -0.435 e. The average molecular weight is 267 g/mol. The van der Waals surface area contributed by atoms with E-state index in [0.29, 0.717) is 5.82 Å². The summed E-state index contributed by atoms with van der Waals surface area (Å²) in [6, 6.07) is 8.13. The molecule has 0 amide bonds. The van der Waals surface area contributed by atoms with Gasteiger partial charge in [-0.3, -0.25) is 0 Å². The summed E-state index contributed by atoms with van der Waals surface area (Å²) in [5, 5.41) is 4.28. The van der Waals surface area contributed by atoms with Gasteiger partial charge in [-0.2, -0.15) is 13.9 Å². The van der Waals surface area contributed by atoms with E-state index >= 15 is 0 Å². The summed E-state index contributed by atoms with van der Waals surface area (Å²) < 4.78 is 30.4. The van der Waals surface area contributed by atoms with Crippen LogP contribution >= 0.6 is 0 Å². The van der Waals surface area contributed by atoms with E-state index in [0.717, 1.165) is 11.3 Å². The highest BCUT2D eigenvalue weighted by Gasteiger charge is 2.13. The van der Waals surface area contributed by atoms with Gasteiger partial charge in [-0.05, 0) is 31.5 Å². The van der Waals surface area contributed by atoms with Gasteiger partial charge < -0.3 is 10.5 Å². The Balaban J connectivity index is 2.28. The molecule has 2 rings (SSSR count). The molecule has 4 nitrogen and oxygen atoms in total. The Kier molecular flexibility index (Phi) is 3.69. The van der Waals surface area contributed by atoms with Crippen LogP contribution in [0.4, 0.5) is 14.6 Å². The zero-order valence-electron chi connectivity index (χ0n) is 10.7. The van der Waals surface area contributed by atoms with E-state index in [1.54, 1.807) is 22.9 Å². The third kappa shape index (κ3) is 3.01. The fourth-order valence-corrected chi connectivity index (χ4v) is 1.94. The molecule has 0 saturated carbocycles. The van der Waals surface area contributed by atoms with E-state index in [-0.39, 0.29) is 11.8 Å². The van der Waals surface area contributed by atoms with Crippen molar-refractivity contribution in [1.29, 1.82) is 0 Å². The van der Waals surface area contributed by atoms with Crippen LogP contribution in [-0.2, 0) is 0 Å². The number of nitrogens with two attached hydrogens (primary N) is 1. The fraction of sp³-hybridized carbons (Fsp3) is 0.308. The van der Waals surface area contributed by atoms with Gasteiger partial charge >= 0.3 is 6.61 Å². The lowest BCUT2D eigenvalue weighted by Gasteiger charge is -2.15. The van der Waals surface area contributed by atoms with Crippen molar-refractivity contribution in [1.82, 2.24) is 9.78 Å². The number of halogens is 2. The predicted molar refractivity (Wildman–Crippen MR) is 68.3 cm³/mol. The predicted octanol–water partition coefficient (Wildman–Crippen LogP) is 2.98. The summed E-state index contributed by atoms with van der Waals surface area (Å²) in [6.07, 6.45) is 0. The molecule has 0 radical (unpaired) electrons. The van der Waals surface area contributed by atoms with Gasteiger partial charge in [-0.15, -0.1) is 0 Å². The second-order valence-corrected chi connectivity index (χ2v) is 4.28. The molecule has 0 bridgehead atoms. The van der Waals surface area contributed by atoms with Crippen molar-refractivity contribution in [2.24, 2.45) is 0 Å². The van der Waals surface area contributed by atoms with Gasteiger partial charge in [0.2, 0.25) is 0 Å². The number of aryl methyl sites for hydroxylation is 1. The van der Waals surface area contributed by atoms with Gasteiger partial charge in [-0.1, -0.05) is 12.1 Å². The first-order chi connectivity index (χ1) is 8.97. The average Bonchev–Trinajstić information content (AvgIpc) is 2.67. The second-order valence-electron chi connectivity index (χ2n) is 4.28. The largest absolute Gasteiger partial charge is 0.435 e. The topological polar surface area (TPSA) is 53.1 Å². The Morgan fingerprint density at radius 3 is 2.63 bits per heavy atom. The molecule has 102 valence electrons. The zero-order valence-corrected chi connectivity index (χ0v) is 10.7. The van der Waals surface area contributed by atoms with Gasteiger partial charge in [0.15, 0.2) is 0 Å². The first-order valence-corrected chi connectivity index (χ1v) is 5.84. The Bertz CT molecular complexity index is 569. The Labute approximate surface area is 109 Å². The number of ether oxygens (including phenoxy) is 1. The summed E-state index contributed by atoms with van der Waals surface area (Å²) >= 11 is 0. The first kappa shape index (κ1) is 13.3. The lowest BCUT2D eigenvalue weighted by Crippen LogP contribution is -2.12. The van der Waals surface area contributed by atoms with E-state index in [2.05, 4.69) is 9.84 Å². The molecular weight excluding hydrogens is 252 g/mol. The maximum atomic E-state index is 12.2. The fourth-order valence-electron chi connectivity index (χ4n) is 1.94. The molecule has 6 heteroatoms. The van der Waals surface area contributed by atoms with Crippen molar-refractivity contribution in [2.75, 3.05) is 5.73 Å². The van der Waals surface area contributed by atoms with Crippen molar-refractivity contribution in [3.63, 3.8) is 0 Å². The molecule has 0 aliphatic heterocycles. The molecule has 2 N–H and O–H groups in total. The normalized spacial score (nSPS) is 12.7. The monoisotopic (exact) mass is 267 g/mol. The van der Waals surface area contributed by atoms with E-state index in [4.69, 9.17) is 5.73 Å². The zero-order chi connectivity index (χ0) is 14.0. The van der Waals surface area contributed by atoms with Crippen LogP contribution in [0.1, 0.15) is 24.2 Å². The summed E-state index contributed by atoms with van der Waals surface area (Å²) in [7, 11) is 0. The van der Waals surface area contributed by atoms with E-state index < -0.39 is 6.61 Å². The Morgan fingerprint density at radius 1 is 1.32 bits per heavy atom. The molecule has 1 aromatic heterocycles. The third-order valence-corrected chi connectivity index (χ3v) is 2.82. The van der Waals surface area contributed by atoms with Crippen LogP contribution in [0, 0.1) is 6.92 Å². The van der Waals surface area contributed by atoms with E-state index in [9.17, 15) is 8.78 Å². The molecule has 1 atom stereocenters. The van der Waals surface area contributed by atoms with Crippen LogP contribution < -0.4 is 10.5 Å². The Hall–Kier alpha value is -2.11. The lowest BCUT2D eigenvalue weighted by molar-refractivity contribution is -0.0499. The summed E-state index contributed by atoms with van der Waals surface area (Å²) in [5.74, 6) is 0.659. The number of nitrogens with zero attached hydrogens (tertiary/aromatic N) is 2. The number of benzene rings is 1. The SMILES string of the molecule is Cc1cc(N)n(C(C)c2cccc(OC(F)F)c2)n1. The van der Waals surface area contributed by atoms with Crippen LogP contribution in [-0.4, -0.2) is 16.4 Å². The molecule has 1 aromatic carbocycles. The standard InChI is InChI=1S/C13H15F2N3O/c1-8-6-12(16)18(17-8)9(2)10-4-3-5-11(7-10)19-13(14)15/h3-7,9,13H,16H2,1-2H3. The number of aromatic nitrogens is 2. The van der Waals surface area contributed by atoms with Crippen molar-refractivity contribution < 1.29 is 13.5 Å². The molecule has 0 fully saturated rings. The van der Waals surface area contributed by atoms with Gasteiger partial charge in [0.25, 0.3) is 0 Å². The van der Waals surface area contributed by atoms with Gasteiger partial charge in [0.05, 0.1) is 11.7 Å². The molecule has 0 aliphatic carbocycles. The molecular formula is C13H15F2N3O. The van der Waals surface area contributed by atoms with Crippen LogP contribution in [0.2, 0.25) is 0 Å². The molecule has 0 saturated heterocycles. The van der Waals surface area contributed by atoms with Crippen LogP contribution in [0.15, 0.2) is 30.3 Å². The second kappa shape index (κ2) is 5.26. The van der Waals surface area contributed by atoms with E-state index in [1.165, 1.54) is 6.07 Å². The van der Waals surface area contributed by atoms with Crippen molar-refractivity contribution in [3.8, 4) is 5.75 Å². The van der Waals surface area contributed by atoms with Gasteiger partial charge in [0, 0.05) is 6.07 Å². The lowest BCUT2D eigenvalue weighted by atomic mass is 10.1. The molecule has 2 aromatic rings. The highest BCUT2D eigenvalue weighted by Crippen LogP contribution is 2.25.